The molecule has 2 fully saturated rings. The molecule has 4 rings (SSSR count). The highest BCUT2D eigenvalue weighted by Gasteiger charge is 2.35. The summed E-state index contributed by atoms with van der Waals surface area (Å²) in [5.41, 5.74) is 3.68. The van der Waals surface area contributed by atoms with Crippen LogP contribution in [0, 0.1) is 19.8 Å². The Balaban J connectivity index is 1.52. The van der Waals surface area contributed by atoms with Gasteiger partial charge in [0.1, 0.15) is 0 Å². The van der Waals surface area contributed by atoms with Gasteiger partial charge in [-0.05, 0) is 57.0 Å². The van der Waals surface area contributed by atoms with Crippen LogP contribution in [0.25, 0.3) is 5.69 Å². The largest absolute Gasteiger partial charge is 0.339 e. The zero-order valence-electron chi connectivity index (χ0n) is 15.7. The molecule has 2 amide bonds. The minimum absolute atomic E-state index is 0.0668. The highest BCUT2D eigenvalue weighted by Crippen LogP contribution is 2.31. The van der Waals surface area contributed by atoms with Crippen LogP contribution in [0.4, 0.5) is 0 Å². The highest BCUT2D eigenvalue weighted by atomic mass is 35.5. The Morgan fingerprint density at radius 3 is 2.11 bits per heavy atom. The van der Waals surface area contributed by atoms with Crippen LogP contribution >= 0.6 is 11.6 Å². The molecule has 1 saturated heterocycles. The van der Waals surface area contributed by atoms with Gasteiger partial charge in [0.05, 0.1) is 10.6 Å². The Bertz CT molecular complexity index is 873. The summed E-state index contributed by atoms with van der Waals surface area (Å²) < 4.78 is 2.11. The number of rotatable bonds is 3. The number of carbonyl (C=O) groups excluding carboxylic acids is 2. The number of aryl methyl sites for hydroxylation is 2. The van der Waals surface area contributed by atoms with Gasteiger partial charge in [-0.15, -0.1) is 0 Å². The van der Waals surface area contributed by atoms with E-state index in [1.54, 1.807) is 11.0 Å². The van der Waals surface area contributed by atoms with Crippen molar-refractivity contribution in [2.24, 2.45) is 5.92 Å². The molecule has 1 aliphatic heterocycles. The number of aromatic nitrogens is 1. The molecular formula is C21H24ClN3O2. The summed E-state index contributed by atoms with van der Waals surface area (Å²) in [6.45, 7) is 6.40. The van der Waals surface area contributed by atoms with Crippen LogP contribution in [0.15, 0.2) is 30.3 Å². The predicted octanol–water partition coefficient (Wildman–Crippen LogP) is 3.44. The van der Waals surface area contributed by atoms with E-state index in [0.717, 1.165) is 29.9 Å². The minimum atomic E-state index is -0.0668. The van der Waals surface area contributed by atoms with E-state index in [4.69, 9.17) is 11.6 Å². The maximum Gasteiger partial charge on any atom is 0.255 e. The molecule has 2 aliphatic rings. The number of carbonyl (C=O) groups is 2. The quantitative estimate of drug-likeness (QED) is 0.812. The van der Waals surface area contributed by atoms with Crippen LogP contribution in [-0.4, -0.2) is 52.4 Å². The molecule has 1 aliphatic carbocycles. The SMILES string of the molecule is Cc1ccc(C)n1-c1ccc(Cl)c(C(=O)N2CCN(C(=O)C3CC3)CC2)c1. The number of amides is 2. The van der Waals surface area contributed by atoms with Gasteiger partial charge in [-0.3, -0.25) is 9.59 Å². The van der Waals surface area contributed by atoms with Crippen LogP contribution in [0.3, 0.4) is 0 Å². The van der Waals surface area contributed by atoms with Crippen LogP contribution in [-0.2, 0) is 4.79 Å². The zero-order chi connectivity index (χ0) is 19.1. The van der Waals surface area contributed by atoms with Gasteiger partial charge in [-0.25, -0.2) is 0 Å². The van der Waals surface area contributed by atoms with Gasteiger partial charge >= 0.3 is 0 Å². The molecule has 0 bridgehead atoms. The first-order valence-corrected chi connectivity index (χ1v) is 9.86. The molecule has 27 heavy (non-hydrogen) atoms. The number of halogens is 1. The first-order chi connectivity index (χ1) is 13.0. The van der Waals surface area contributed by atoms with Crippen molar-refractivity contribution in [3.8, 4) is 5.69 Å². The van der Waals surface area contributed by atoms with Gasteiger partial charge in [0.25, 0.3) is 5.91 Å². The fraction of sp³-hybridized carbons (Fsp3) is 0.429. The first kappa shape index (κ1) is 18.1. The second-order valence-corrected chi connectivity index (χ2v) is 7.91. The van der Waals surface area contributed by atoms with Gasteiger partial charge in [0.15, 0.2) is 0 Å². The summed E-state index contributed by atoms with van der Waals surface area (Å²) in [5.74, 6) is 0.412. The third-order valence-corrected chi connectivity index (χ3v) is 5.84. The smallest absolute Gasteiger partial charge is 0.255 e. The Hall–Kier alpha value is -2.27. The Morgan fingerprint density at radius 2 is 1.52 bits per heavy atom. The van der Waals surface area contributed by atoms with E-state index < -0.39 is 0 Å². The minimum Gasteiger partial charge on any atom is -0.339 e. The molecule has 142 valence electrons. The van der Waals surface area contributed by atoms with Gasteiger partial charge in [-0.1, -0.05) is 11.6 Å². The van der Waals surface area contributed by atoms with Crippen LogP contribution in [0.1, 0.15) is 34.6 Å². The fourth-order valence-corrected chi connectivity index (χ4v) is 3.98. The Morgan fingerprint density at radius 1 is 0.926 bits per heavy atom. The Labute approximate surface area is 164 Å². The van der Waals surface area contributed by atoms with Crippen molar-refractivity contribution in [3.05, 3.63) is 52.3 Å². The van der Waals surface area contributed by atoms with Crippen molar-refractivity contribution in [2.75, 3.05) is 26.2 Å². The van der Waals surface area contributed by atoms with E-state index in [1.165, 1.54) is 0 Å². The first-order valence-electron chi connectivity index (χ1n) is 9.48. The summed E-state index contributed by atoms with van der Waals surface area (Å²) in [7, 11) is 0. The normalized spacial score (nSPS) is 17.3. The molecule has 5 nitrogen and oxygen atoms in total. The number of nitrogens with zero attached hydrogens (tertiary/aromatic N) is 3. The van der Waals surface area contributed by atoms with E-state index >= 15 is 0 Å². The van der Waals surface area contributed by atoms with E-state index in [9.17, 15) is 9.59 Å². The van der Waals surface area contributed by atoms with Crippen molar-refractivity contribution in [3.63, 3.8) is 0 Å². The van der Waals surface area contributed by atoms with Gasteiger partial charge in [0.2, 0.25) is 5.91 Å². The zero-order valence-corrected chi connectivity index (χ0v) is 16.5. The highest BCUT2D eigenvalue weighted by molar-refractivity contribution is 6.33. The predicted molar refractivity (Wildman–Crippen MR) is 105 cm³/mol. The molecule has 0 atom stereocenters. The van der Waals surface area contributed by atoms with Crippen molar-refractivity contribution >= 4 is 23.4 Å². The summed E-state index contributed by atoms with van der Waals surface area (Å²) in [4.78, 5) is 29.0. The molecule has 1 aromatic heterocycles. The van der Waals surface area contributed by atoms with Crippen LogP contribution in [0.5, 0.6) is 0 Å². The maximum absolute atomic E-state index is 13.1. The summed E-state index contributed by atoms with van der Waals surface area (Å²) in [6.07, 6.45) is 2.03. The average Bonchev–Trinajstić information content (AvgIpc) is 3.47. The molecular weight excluding hydrogens is 362 g/mol. The number of piperazine rings is 1. The maximum atomic E-state index is 13.1. The second-order valence-electron chi connectivity index (χ2n) is 7.51. The number of hydrogen-bond donors (Lipinski definition) is 0. The summed E-state index contributed by atoms with van der Waals surface area (Å²) in [6, 6.07) is 9.71. The lowest BCUT2D eigenvalue weighted by molar-refractivity contribution is -0.134. The van der Waals surface area contributed by atoms with Gasteiger partial charge in [0, 0.05) is 49.2 Å². The molecule has 6 heteroatoms. The van der Waals surface area contributed by atoms with Crippen molar-refractivity contribution in [2.45, 2.75) is 26.7 Å². The lowest BCUT2D eigenvalue weighted by Crippen LogP contribution is -2.51. The van der Waals surface area contributed by atoms with E-state index in [0.29, 0.717) is 36.8 Å². The van der Waals surface area contributed by atoms with Crippen LogP contribution in [0.2, 0.25) is 5.02 Å². The van der Waals surface area contributed by atoms with E-state index in [-0.39, 0.29) is 17.7 Å². The lowest BCUT2D eigenvalue weighted by atomic mass is 10.1. The molecule has 1 aromatic carbocycles. The van der Waals surface area contributed by atoms with Crippen molar-refractivity contribution in [1.29, 1.82) is 0 Å². The average molecular weight is 386 g/mol. The second kappa shape index (κ2) is 7.04. The van der Waals surface area contributed by atoms with Crippen LogP contribution < -0.4 is 0 Å². The third-order valence-electron chi connectivity index (χ3n) is 5.51. The van der Waals surface area contributed by atoms with Crippen molar-refractivity contribution in [1.82, 2.24) is 14.4 Å². The molecule has 2 aromatic rings. The van der Waals surface area contributed by atoms with E-state index in [1.807, 2.05) is 30.9 Å². The number of hydrogen-bond acceptors (Lipinski definition) is 2. The monoisotopic (exact) mass is 385 g/mol. The van der Waals surface area contributed by atoms with Crippen molar-refractivity contribution < 1.29 is 9.59 Å². The molecule has 0 radical (unpaired) electrons. The molecule has 0 N–H and O–H groups in total. The fourth-order valence-electron chi connectivity index (χ4n) is 3.78. The van der Waals surface area contributed by atoms with E-state index in [2.05, 4.69) is 16.7 Å². The lowest BCUT2D eigenvalue weighted by Gasteiger charge is -2.35. The molecule has 1 saturated carbocycles. The molecule has 0 spiro atoms. The summed E-state index contributed by atoms with van der Waals surface area (Å²) in [5, 5.41) is 0.461. The van der Waals surface area contributed by atoms with Gasteiger partial charge < -0.3 is 14.4 Å². The Kier molecular flexibility index (Phi) is 4.72. The number of benzene rings is 1. The molecule has 2 heterocycles. The standard InChI is InChI=1S/C21H24ClN3O2/c1-14-3-4-15(2)25(14)17-7-8-19(22)18(13-17)21(27)24-11-9-23(10-12-24)20(26)16-5-6-16/h3-4,7-8,13,16H,5-6,9-12H2,1-2H3. The van der Waals surface area contributed by atoms with Gasteiger partial charge in [-0.2, -0.15) is 0 Å². The molecule has 0 unspecified atom stereocenters. The third kappa shape index (κ3) is 3.48. The topological polar surface area (TPSA) is 45.6 Å². The summed E-state index contributed by atoms with van der Waals surface area (Å²) >= 11 is 6.36.